The van der Waals surface area contributed by atoms with Crippen LogP contribution in [0.4, 0.5) is 0 Å². The first-order valence-electron chi connectivity index (χ1n) is 3.78. The Morgan fingerprint density at radius 2 is 2.33 bits per heavy atom. The molecule has 0 aliphatic carbocycles. The van der Waals surface area contributed by atoms with Crippen LogP contribution in [0.15, 0.2) is 12.7 Å². The maximum Gasteiger partial charge on any atom is 0.327 e. The van der Waals surface area contributed by atoms with E-state index in [-0.39, 0.29) is 12.7 Å². The van der Waals surface area contributed by atoms with Gasteiger partial charge < -0.3 is 14.9 Å². The van der Waals surface area contributed by atoms with Crippen molar-refractivity contribution in [1.82, 2.24) is 0 Å². The molecule has 1 heterocycles. The lowest BCUT2D eigenvalue weighted by Crippen LogP contribution is -2.09. The van der Waals surface area contributed by atoms with Crippen LogP contribution >= 0.6 is 0 Å². The van der Waals surface area contributed by atoms with E-state index in [1.807, 2.05) is 0 Å². The summed E-state index contributed by atoms with van der Waals surface area (Å²) in [4.78, 5) is 9.25. The molecule has 0 amide bonds. The average Bonchev–Trinajstić information content (AvgIpc) is 2.57. The zero-order chi connectivity index (χ0) is 9.40. The largest absolute Gasteiger partial charge is 0.478 e. The molecule has 2 N–H and O–H groups in total. The van der Waals surface area contributed by atoms with Gasteiger partial charge in [0.15, 0.2) is 0 Å². The van der Waals surface area contributed by atoms with Gasteiger partial charge in [-0.05, 0) is 12.8 Å². The Hall–Kier alpha value is -0.870. The first-order valence-corrected chi connectivity index (χ1v) is 3.78. The molecule has 0 bridgehead atoms. The number of carboxylic acid groups (broad SMARTS) is 1. The van der Waals surface area contributed by atoms with Gasteiger partial charge in [0, 0.05) is 12.7 Å². The number of ether oxygens (including phenoxy) is 1. The first-order chi connectivity index (χ1) is 5.70. The summed E-state index contributed by atoms with van der Waals surface area (Å²) in [5, 5.41) is 16.0. The van der Waals surface area contributed by atoms with Crippen LogP contribution in [0.25, 0.3) is 0 Å². The summed E-state index contributed by atoms with van der Waals surface area (Å²) >= 11 is 0. The highest BCUT2D eigenvalue weighted by atomic mass is 16.5. The van der Waals surface area contributed by atoms with Gasteiger partial charge >= 0.3 is 5.97 Å². The van der Waals surface area contributed by atoms with Crippen LogP contribution in [0.5, 0.6) is 0 Å². The fraction of sp³-hybridized carbons (Fsp3) is 0.625. The molecular weight excluding hydrogens is 160 g/mol. The lowest BCUT2D eigenvalue weighted by Gasteiger charge is -2.00. The van der Waals surface area contributed by atoms with Crippen molar-refractivity contribution in [2.24, 2.45) is 0 Å². The molecule has 1 aliphatic rings. The smallest absolute Gasteiger partial charge is 0.327 e. The van der Waals surface area contributed by atoms with Gasteiger partial charge in [0.2, 0.25) is 0 Å². The van der Waals surface area contributed by atoms with Crippen molar-refractivity contribution in [2.75, 3.05) is 13.2 Å². The van der Waals surface area contributed by atoms with Crippen molar-refractivity contribution in [3.63, 3.8) is 0 Å². The van der Waals surface area contributed by atoms with Gasteiger partial charge in [-0.1, -0.05) is 6.58 Å². The van der Waals surface area contributed by atoms with Crippen molar-refractivity contribution >= 4 is 5.97 Å². The van der Waals surface area contributed by atoms with Crippen molar-refractivity contribution in [3.05, 3.63) is 12.7 Å². The number of hydrogen-bond donors (Lipinski definition) is 2. The molecule has 1 atom stereocenters. The molecule has 0 aromatic rings. The molecule has 4 nitrogen and oxygen atoms in total. The molecule has 1 saturated heterocycles. The number of aliphatic carboxylic acids is 1. The van der Waals surface area contributed by atoms with E-state index in [0.717, 1.165) is 25.5 Å². The summed E-state index contributed by atoms with van der Waals surface area (Å²) in [5.41, 5.74) is 0. The second kappa shape index (κ2) is 6.82. The predicted molar refractivity (Wildman–Crippen MR) is 43.9 cm³/mol. The van der Waals surface area contributed by atoms with Gasteiger partial charge in [-0.3, -0.25) is 0 Å². The molecule has 0 aromatic heterocycles. The molecule has 0 spiro atoms. The second-order valence-electron chi connectivity index (χ2n) is 2.36. The molecule has 1 unspecified atom stereocenters. The SMILES string of the molecule is C=CC(=O)O.OCC1CCCO1. The predicted octanol–water partition coefficient (Wildman–Crippen LogP) is 0.415. The topological polar surface area (TPSA) is 66.8 Å². The highest BCUT2D eigenvalue weighted by molar-refractivity contribution is 5.78. The third kappa shape index (κ3) is 5.88. The average molecular weight is 174 g/mol. The lowest BCUT2D eigenvalue weighted by molar-refractivity contribution is -0.131. The highest BCUT2D eigenvalue weighted by Crippen LogP contribution is 2.09. The van der Waals surface area contributed by atoms with Gasteiger partial charge in [-0.2, -0.15) is 0 Å². The minimum Gasteiger partial charge on any atom is -0.478 e. The summed E-state index contributed by atoms with van der Waals surface area (Å²) < 4.78 is 5.05. The van der Waals surface area contributed by atoms with E-state index in [0.29, 0.717) is 0 Å². The molecule has 0 radical (unpaired) electrons. The Labute approximate surface area is 71.5 Å². The molecular formula is C8H14O4. The molecule has 4 heteroatoms. The third-order valence-electron chi connectivity index (χ3n) is 1.40. The number of carboxylic acids is 1. The van der Waals surface area contributed by atoms with Crippen molar-refractivity contribution < 1.29 is 19.7 Å². The summed E-state index contributed by atoms with van der Waals surface area (Å²) in [6, 6.07) is 0. The number of rotatable bonds is 2. The quantitative estimate of drug-likeness (QED) is 0.595. The van der Waals surface area contributed by atoms with Crippen molar-refractivity contribution in [1.29, 1.82) is 0 Å². The van der Waals surface area contributed by atoms with E-state index < -0.39 is 5.97 Å². The van der Waals surface area contributed by atoms with Crippen molar-refractivity contribution in [2.45, 2.75) is 18.9 Å². The van der Waals surface area contributed by atoms with Gasteiger partial charge in [-0.25, -0.2) is 4.79 Å². The van der Waals surface area contributed by atoms with Crippen LogP contribution in [-0.2, 0) is 9.53 Å². The van der Waals surface area contributed by atoms with Gasteiger partial charge in [-0.15, -0.1) is 0 Å². The number of aliphatic hydroxyl groups excluding tert-OH is 1. The van der Waals surface area contributed by atoms with Crippen LogP contribution < -0.4 is 0 Å². The van der Waals surface area contributed by atoms with Gasteiger partial charge in [0.1, 0.15) is 0 Å². The summed E-state index contributed by atoms with van der Waals surface area (Å²) in [5.74, 6) is -0.981. The Morgan fingerprint density at radius 1 is 1.75 bits per heavy atom. The van der Waals surface area contributed by atoms with E-state index >= 15 is 0 Å². The molecule has 0 saturated carbocycles. The van der Waals surface area contributed by atoms with Crippen molar-refractivity contribution in [3.8, 4) is 0 Å². The molecule has 0 aromatic carbocycles. The van der Waals surface area contributed by atoms with E-state index in [4.69, 9.17) is 14.9 Å². The summed E-state index contributed by atoms with van der Waals surface area (Å²) in [7, 11) is 0. The lowest BCUT2D eigenvalue weighted by atomic mass is 10.2. The number of carbonyl (C=O) groups is 1. The minimum atomic E-state index is -0.981. The monoisotopic (exact) mass is 174 g/mol. The Bertz CT molecular complexity index is 138. The van der Waals surface area contributed by atoms with E-state index in [9.17, 15) is 4.79 Å². The van der Waals surface area contributed by atoms with Gasteiger partial charge in [0.25, 0.3) is 0 Å². The zero-order valence-electron chi connectivity index (χ0n) is 6.90. The Morgan fingerprint density at radius 3 is 2.50 bits per heavy atom. The maximum absolute atomic E-state index is 9.25. The fourth-order valence-corrected chi connectivity index (χ4v) is 0.788. The first kappa shape index (κ1) is 11.1. The standard InChI is InChI=1S/C5H10O2.C3H4O2/c6-4-5-2-1-3-7-5;1-2-3(4)5/h5-6H,1-4H2;2H,1H2,(H,4,5). The molecule has 70 valence electrons. The summed E-state index contributed by atoms with van der Waals surface area (Å²) in [6.07, 6.45) is 3.14. The molecule has 1 rings (SSSR count). The summed E-state index contributed by atoms with van der Waals surface area (Å²) in [6.45, 7) is 3.99. The maximum atomic E-state index is 9.25. The normalized spacial score (nSPS) is 20.9. The number of aliphatic hydroxyl groups is 1. The molecule has 1 aliphatic heterocycles. The Balaban J connectivity index is 0.000000217. The van der Waals surface area contributed by atoms with Crippen LogP contribution in [0.1, 0.15) is 12.8 Å². The van der Waals surface area contributed by atoms with E-state index in [1.165, 1.54) is 0 Å². The van der Waals surface area contributed by atoms with Crippen LogP contribution in [0, 0.1) is 0 Å². The highest BCUT2D eigenvalue weighted by Gasteiger charge is 2.12. The second-order valence-corrected chi connectivity index (χ2v) is 2.36. The van der Waals surface area contributed by atoms with Crippen LogP contribution in [0.2, 0.25) is 0 Å². The molecule has 1 fully saturated rings. The van der Waals surface area contributed by atoms with Crippen LogP contribution in [0.3, 0.4) is 0 Å². The van der Waals surface area contributed by atoms with Gasteiger partial charge in [0.05, 0.1) is 12.7 Å². The minimum absolute atomic E-state index is 0.153. The molecule has 12 heavy (non-hydrogen) atoms. The fourth-order valence-electron chi connectivity index (χ4n) is 0.788. The van der Waals surface area contributed by atoms with Crippen LogP contribution in [-0.4, -0.2) is 35.5 Å². The van der Waals surface area contributed by atoms with E-state index in [2.05, 4.69) is 6.58 Å². The van der Waals surface area contributed by atoms with E-state index in [1.54, 1.807) is 0 Å². The third-order valence-corrected chi connectivity index (χ3v) is 1.40. The number of hydrogen-bond acceptors (Lipinski definition) is 3. The zero-order valence-corrected chi connectivity index (χ0v) is 6.90. The Kier molecular flexibility index (Phi) is 6.32.